The van der Waals surface area contributed by atoms with Crippen molar-refractivity contribution in [2.75, 3.05) is 0 Å². The molecule has 0 unspecified atom stereocenters. The van der Waals surface area contributed by atoms with Crippen LogP contribution in [0.4, 0.5) is 0 Å². The Kier molecular flexibility index (Phi) is 4.69. The second-order valence-electron chi connectivity index (χ2n) is 8.60. The monoisotopic (exact) mass is 370 g/mol. The maximum Gasteiger partial charge on any atom is 0.495 e. The quantitative estimate of drug-likeness (QED) is 0.557. The van der Waals surface area contributed by atoms with Crippen LogP contribution in [-0.2, 0) is 9.31 Å². The fourth-order valence-electron chi connectivity index (χ4n) is 3.53. The number of hydrogen-bond acceptors (Lipinski definition) is 2. The van der Waals surface area contributed by atoms with Gasteiger partial charge in [-0.2, -0.15) is 0 Å². The highest BCUT2D eigenvalue weighted by atomic mass is 16.7. The van der Waals surface area contributed by atoms with E-state index in [1.165, 1.54) is 27.8 Å². The summed E-state index contributed by atoms with van der Waals surface area (Å²) in [6.45, 7) is 10.5. The van der Waals surface area contributed by atoms with Gasteiger partial charge in [-0.1, -0.05) is 78.4 Å². The van der Waals surface area contributed by atoms with Gasteiger partial charge in [-0.15, -0.1) is 0 Å². The molecule has 0 aromatic heterocycles. The lowest BCUT2D eigenvalue weighted by molar-refractivity contribution is 0.00578. The van der Waals surface area contributed by atoms with Crippen molar-refractivity contribution < 1.29 is 9.31 Å². The van der Waals surface area contributed by atoms with E-state index in [0.29, 0.717) is 0 Å². The molecule has 4 rings (SSSR count). The Morgan fingerprint density at radius 3 is 1.64 bits per heavy atom. The van der Waals surface area contributed by atoms with Crippen LogP contribution < -0.4 is 5.46 Å². The molecule has 0 aliphatic carbocycles. The van der Waals surface area contributed by atoms with Crippen molar-refractivity contribution >= 4 is 12.6 Å². The van der Waals surface area contributed by atoms with E-state index in [1.807, 2.05) is 6.07 Å². The lowest BCUT2D eigenvalue weighted by Gasteiger charge is -2.32. The van der Waals surface area contributed by atoms with E-state index in [0.717, 1.165) is 5.46 Å². The molecule has 0 saturated carbocycles. The SMILES string of the molecule is Cc1ccc(-c2ccc(-c3ccccc3)cc2)cc1B1OC(C)(C)C(C)(C)O1. The second kappa shape index (κ2) is 6.91. The molecule has 28 heavy (non-hydrogen) atoms. The molecule has 3 aromatic rings. The molecule has 1 aliphatic heterocycles. The topological polar surface area (TPSA) is 18.5 Å². The lowest BCUT2D eigenvalue weighted by atomic mass is 9.75. The van der Waals surface area contributed by atoms with Gasteiger partial charge in [0.25, 0.3) is 0 Å². The van der Waals surface area contributed by atoms with E-state index in [4.69, 9.17) is 9.31 Å². The van der Waals surface area contributed by atoms with Gasteiger partial charge in [0, 0.05) is 0 Å². The van der Waals surface area contributed by atoms with Crippen LogP contribution in [0.25, 0.3) is 22.3 Å². The van der Waals surface area contributed by atoms with Gasteiger partial charge in [-0.05, 0) is 62.3 Å². The first-order chi connectivity index (χ1) is 13.3. The van der Waals surface area contributed by atoms with Gasteiger partial charge in [0.15, 0.2) is 0 Å². The molecular formula is C25H27BO2. The minimum Gasteiger partial charge on any atom is -0.399 e. The summed E-state index contributed by atoms with van der Waals surface area (Å²) >= 11 is 0. The summed E-state index contributed by atoms with van der Waals surface area (Å²) in [5, 5.41) is 0. The third kappa shape index (κ3) is 3.41. The van der Waals surface area contributed by atoms with E-state index in [-0.39, 0.29) is 18.3 Å². The first-order valence-corrected chi connectivity index (χ1v) is 9.89. The highest BCUT2D eigenvalue weighted by Gasteiger charge is 2.52. The Labute approximate surface area is 168 Å². The third-order valence-electron chi connectivity index (χ3n) is 6.11. The van der Waals surface area contributed by atoms with Crippen LogP contribution in [0, 0.1) is 6.92 Å². The molecule has 0 atom stereocenters. The predicted octanol–water partition coefficient (Wildman–Crippen LogP) is 5.63. The molecule has 2 nitrogen and oxygen atoms in total. The van der Waals surface area contributed by atoms with E-state index >= 15 is 0 Å². The summed E-state index contributed by atoms with van der Waals surface area (Å²) in [5.74, 6) is 0. The molecule has 1 fully saturated rings. The average molecular weight is 370 g/mol. The first kappa shape index (κ1) is 19.0. The summed E-state index contributed by atoms with van der Waals surface area (Å²) in [6, 6.07) is 25.7. The Balaban J connectivity index is 1.65. The lowest BCUT2D eigenvalue weighted by Crippen LogP contribution is -2.41. The van der Waals surface area contributed by atoms with Crippen LogP contribution >= 0.6 is 0 Å². The van der Waals surface area contributed by atoms with Crippen molar-refractivity contribution in [1.29, 1.82) is 0 Å². The van der Waals surface area contributed by atoms with Gasteiger partial charge in [0.05, 0.1) is 11.2 Å². The number of hydrogen-bond donors (Lipinski definition) is 0. The van der Waals surface area contributed by atoms with Gasteiger partial charge < -0.3 is 9.31 Å². The van der Waals surface area contributed by atoms with Crippen LogP contribution in [-0.4, -0.2) is 18.3 Å². The number of benzene rings is 3. The van der Waals surface area contributed by atoms with Crippen molar-refractivity contribution in [2.24, 2.45) is 0 Å². The summed E-state index contributed by atoms with van der Waals surface area (Å²) in [7, 11) is -0.339. The zero-order valence-electron chi connectivity index (χ0n) is 17.3. The van der Waals surface area contributed by atoms with Crippen LogP contribution in [0.5, 0.6) is 0 Å². The summed E-state index contributed by atoms with van der Waals surface area (Å²) in [4.78, 5) is 0. The third-order valence-corrected chi connectivity index (χ3v) is 6.11. The Morgan fingerprint density at radius 1 is 0.607 bits per heavy atom. The summed E-state index contributed by atoms with van der Waals surface area (Å²) in [6.07, 6.45) is 0. The predicted molar refractivity (Wildman–Crippen MR) is 118 cm³/mol. The molecule has 1 saturated heterocycles. The zero-order chi connectivity index (χ0) is 19.9. The average Bonchev–Trinajstić information content (AvgIpc) is 2.90. The van der Waals surface area contributed by atoms with Gasteiger partial charge in [0.2, 0.25) is 0 Å². The van der Waals surface area contributed by atoms with Crippen LogP contribution in [0.3, 0.4) is 0 Å². The normalized spacial score (nSPS) is 17.7. The van der Waals surface area contributed by atoms with Gasteiger partial charge in [0.1, 0.15) is 0 Å². The maximum absolute atomic E-state index is 6.28. The number of rotatable bonds is 3. The summed E-state index contributed by atoms with van der Waals surface area (Å²) < 4.78 is 12.6. The molecular weight excluding hydrogens is 343 g/mol. The maximum atomic E-state index is 6.28. The van der Waals surface area contributed by atoms with E-state index in [9.17, 15) is 0 Å². The van der Waals surface area contributed by atoms with Crippen molar-refractivity contribution in [1.82, 2.24) is 0 Å². The Hall–Kier alpha value is -2.36. The zero-order valence-corrected chi connectivity index (χ0v) is 17.3. The van der Waals surface area contributed by atoms with Crippen molar-refractivity contribution in [3.8, 4) is 22.3 Å². The van der Waals surface area contributed by atoms with Crippen molar-refractivity contribution in [3.63, 3.8) is 0 Å². The highest BCUT2D eigenvalue weighted by Crippen LogP contribution is 2.37. The molecule has 0 N–H and O–H groups in total. The van der Waals surface area contributed by atoms with Crippen LogP contribution in [0.15, 0.2) is 72.8 Å². The molecule has 0 spiro atoms. The summed E-state index contributed by atoms with van der Waals surface area (Å²) in [5.41, 5.74) is 6.44. The smallest absolute Gasteiger partial charge is 0.399 e. The highest BCUT2D eigenvalue weighted by molar-refractivity contribution is 6.62. The number of aryl methyl sites for hydroxylation is 1. The molecule has 0 radical (unpaired) electrons. The van der Waals surface area contributed by atoms with E-state index < -0.39 is 0 Å². The standard InChI is InChI=1S/C25H27BO2/c1-18-11-12-22(17-23(18)26-27-24(2,3)25(4,5)28-26)21-15-13-20(14-16-21)19-9-7-6-8-10-19/h6-17H,1-5H3. The molecule has 1 heterocycles. The van der Waals surface area contributed by atoms with Gasteiger partial charge >= 0.3 is 7.12 Å². The van der Waals surface area contributed by atoms with E-state index in [1.54, 1.807) is 0 Å². The van der Waals surface area contributed by atoms with E-state index in [2.05, 4.69) is 101 Å². The fraction of sp³-hybridized carbons (Fsp3) is 0.280. The fourth-order valence-corrected chi connectivity index (χ4v) is 3.53. The second-order valence-corrected chi connectivity index (χ2v) is 8.60. The molecule has 0 bridgehead atoms. The van der Waals surface area contributed by atoms with Crippen molar-refractivity contribution in [3.05, 3.63) is 78.4 Å². The van der Waals surface area contributed by atoms with Gasteiger partial charge in [-0.25, -0.2) is 0 Å². The molecule has 3 aromatic carbocycles. The van der Waals surface area contributed by atoms with Crippen molar-refractivity contribution in [2.45, 2.75) is 45.8 Å². The van der Waals surface area contributed by atoms with Crippen LogP contribution in [0.2, 0.25) is 0 Å². The molecule has 1 aliphatic rings. The van der Waals surface area contributed by atoms with Crippen LogP contribution in [0.1, 0.15) is 33.3 Å². The van der Waals surface area contributed by atoms with Gasteiger partial charge in [-0.3, -0.25) is 0 Å². The minimum atomic E-state index is -0.339. The molecule has 3 heteroatoms. The molecule has 0 amide bonds. The Morgan fingerprint density at radius 2 is 1.07 bits per heavy atom. The largest absolute Gasteiger partial charge is 0.495 e. The minimum absolute atomic E-state index is 0.336. The Bertz CT molecular complexity index is 959. The first-order valence-electron chi connectivity index (χ1n) is 9.89. The molecule has 142 valence electrons.